The Morgan fingerprint density at radius 1 is 1.14 bits per heavy atom. The van der Waals surface area contributed by atoms with Crippen LogP contribution >= 0.6 is 11.8 Å². The van der Waals surface area contributed by atoms with Gasteiger partial charge in [-0.2, -0.15) is 0 Å². The molecule has 0 saturated carbocycles. The number of rotatable bonds is 5. The highest BCUT2D eigenvalue weighted by Crippen LogP contribution is 2.28. The lowest BCUT2D eigenvalue weighted by Crippen LogP contribution is -2.43. The lowest BCUT2D eigenvalue weighted by Gasteiger charge is -2.30. The Labute approximate surface area is 174 Å². The average molecular weight is 407 g/mol. The third-order valence-corrected chi connectivity index (χ3v) is 5.54. The molecule has 1 fully saturated rings. The number of hydrogen-bond donors (Lipinski definition) is 2. The molecule has 0 aliphatic carbocycles. The zero-order valence-electron chi connectivity index (χ0n) is 16.1. The molecule has 8 heteroatoms. The van der Waals surface area contributed by atoms with Crippen LogP contribution in [0.1, 0.15) is 10.5 Å². The van der Waals surface area contributed by atoms with E-state index in [0.717, 1.165) is 42.3 Å². The first-order chi connectivity index (χ1) is 14.3. The Morgan fingerprint density at radius 3 is 2.79 bits per heavy atom. The van der Waals surface area contributed by atoms with Crippen molar-refractivity contribution in [2.45, 2.75) is 4.90 Å². The molecule has 148 valence electrons. The van der Waals surface area contributed by atoms with Crippen molar-refractivity contribution < 1.29 is 4.79 Å². The van der Waals surface area contributed by atoms with Crippen LogP contribution in [0.5, 0.6) is 0 Å². The van der Waals surface area contributed by atoms with Crippen molar-refractivity contribution in [1.82, 2.24) is 20.3 Å². The van der Waals surface area contributed by atoms with Crippen LogP contribution in [0.4, 0.5) is 11.4 Å². The summed E-state index contributed by atoms with van der Waals surface area (Å²) >= 11 is 1.63. The topological polar surface area (TPSA) is 83.0 Å². The fourth-order valence-corrected chi connectivity index (χ4v) is 3.89. The lowest BCUT2D eigenvalue weighted by atomic mass is 10.2. The van der Waals surface area contributed by atoms with Gasteiger partial charge in [0, 0.05) is 49.0 Å². The third-order valence-electron chi connectivity index (χ3n) is 4.74. The molecule has 2 aromatic heterocycles. The molecule has 7 nitrogen and oxygen atoms in total. The van der Waals surface area contributed by atoms with E-state index in [9.17, 15) is 4.79 Å². The second-order valence-electron chi connectivity index (χ2n) is 6.55. The summed E-state index contributed by atoms with van der Waals surface area (Å²) in [5.41, 5.74) is 2.89. The zero-order valence-corrected chi connectivity index (χ0v) is 16.9. The molecule has 0 bridgehead atoms. The van der Waals surface area contributed by atoms with Crippen LogP contribution < -0.4 is 15.5 Å². The number of nitrogens with one attached hydrogen (secondary N) is 2. The molecule has 1 amide bonds. The number of carbonyl (C=O) groups excluding carboxylic acids is 1. The van der Waals surface area contributed by atoms with Gasteiger partial charge in [-0.15, -0.1) is 11.8 Å². The number of hydrogen-bond acceptors (Lipinski definition) is 7. The Morgan fingerprint density at radius 2 is 1.97 bits per heavy atom. The number of pyridine rings is 1. The third kappa shape index (κ3) is 4.38. The molecule has 0 radical (unpaired) electrons. The summed E-state index contributed by atoms with van der Waals surface area (Å²) in [6.45, 7) is 3.60. The maximum absolute atomic E-state index is 12.9. The molecule has 4 rings (SSSR count). The second kappa shape index (κ2) is 9.02. The SMILES string of the molecule is CSc1ccccc1-c1nccc(C(=O)Nc2cnccc2N2CCNCC2)n1. The van der Waals surface area contributed by atoms with Crippen molar-refractivity contribution in [3.63, 3.8) is 0 Å². The number of benzene rings is 1. The summed E-state index contributed by atoms with van der Waals surface area (Å²) in [5.74, 6) is 0.260. The minimum absolute atomic E-state index is 0.278. The van der Waals surface area contributed by atoms with Crippen LogP contribution in [0.15, 0.2) is 59.9 Å². The van der Waals surface area contributed by atoms with Gasteiger partial charge in [0.15, 0.2) is 5.82 Å². The van der Waals surface area contributed by atoms with Gasteiger partial charge in [-0.3, -0.25) is 9.78 Å². The predicted octanol–water partition coefficient (Wildman–Crippen LogP) is 2.92. The first-order valence-corrected chi connectivity index (χ1v) is 10.7. The largest absolute Gasteiger partial charge is 0.367 e. The van der Waals surface area contributed by atoms with E-state index in [1.165, 1.54) is 0 Å². The fourth-order valence-electron chi connectivity index (χ4n) is 3.30. The maximum Gasteiger partial charge on any atom is 0.274 e. The van der Waals surface area contributed by atoms with Gasteiger partial charge in [-0.25, -0.2) is 9.97 Å². The van der Waals surface area contributed by atoms with E-state index in [1.54, 1.807) is 36.4 Å². The van der Waals surface area contributed by atoms with E-state index in [2.05, 4.69) is 30.5 Å². The van der Waals surface area contributed by atoms with Gasteiger partial charge in [0.2, 0.25) is 0 Å². The number of nitrogens with zero attached hydrogens (tertiary/aromatic N) is 4. The van der Waals surface area contributed by atoms with Gasteiger partial charge in [0.25, 0.3) is 5.91 Å². The van der Waals surface area contributed by atoms with E-state index < -0.39 is 0 Å². The predicted molar refractivity (Wildman–Crippen MR) is 117 cm³/mol. The van der Waals surface area contributed by atoms with Crippen LogP contribution in [-0.4, -0.2) is 53.3 Å². The van der Waals surface area contributed by atoms with Crippen molar-refractivity contribution in [3.05, 3.63) is 60.7 Å². The summed E-state index contributed by atoms with van der Waals surface area (Å²) in [6.07, 6.45) is 7.06. The molecule has 29 heavy (non-hydrogen) atoms. The van der Waals surface area contributed by atoms with E-state index in [1.807, 2.05) is 36.6 Å². The molecule has 0 unspecified atom stereocenters. The van der Waals surface area contributed by atoms with Crippen LogP contribution in [0.3, 0.4) is 0 Å². The zero-order chi connectivity index (χ0) is 20.1. The van der Waals surface area contributed by atoms with E-state index in [-0.39, 0.29) is 5.91 Å². The van der Waals surface area contributed by atoms with Crippen LogP contribution in [-0.2, 0) is 0 Å². The van der Waals surface area contributed by atoms with Gasteiger partial charge in [-0.05, 0) is 24.5 Å². The monoisotopic (exact) mass is 406 g/mol. The Kier molecular flexibility index (Phi) is 6.02. The van der Waals surface area contributed by atoms with Crippen molar-refractivity contribution in [1.29, 1.82) is 0 Å². The second-order valence-corrected chi connectivity index (χ2v) is 7.40. The molecule has 1 saturated heterocycles. The summed E-state index contributed by atoms with van der Waals surface area (Å²) in [6, 6.07) is 11.5. The summed E-state index contributed by atoms with van der Waals surface area (Å²) in [7, 11) is 0. The number of anilines is 2. The quantitative estimate of drug-likeness (QED) is 0.631. The maximum atomic E-state index is 12.9. The lowest BCUT2D eigenvalue weighted by molar-refractivity contribution is 0.102. The fraction of sp³-hybridized carbons (Fsp3) is 0.238. The van der Waals surface area contributed by atoms with Gasteiger partial charge in [-0.1, -0.05) is 18.2 Å². The van der Waals surface area contributed by atoms with Crippen LogP contribution in [0.25, 0.3) is 11.4 Å². The minimum Gasteiger partial charge on any atom is -0.367 e. The summed E-state index contributed by atoms with van der Waals surface area (Å²) in [4.78, 5) is 29.3. The molecule has 0 spiro atoms. The molecule has 3 aromatic rings. The summed E-state index contributed by atoms with van der Waals surface area (Å²) in [5, 5.41) is 6.31. The van der Waals surface area contributed by atoms with Gasteiger partial charge < -0.3 is 15.5 Å². The Bertz CT molecular complexity index is 1010. The van der Waals surface area contributed by atoms with Crippen molar-refractivity contribution in [2.75, 3.05) is 42.7 Å². The van der Waals surface area contributed by atoms with E-state index in [0.29, 0.717) is 17.2 Å². The van der Waals surface area contributed by atoms with Gasteiger partial charge >= 0.3 is 0 Å². The molecule has 3 heterocycles. The molecule has 0 atom stereocenters. The number of thioether (sulfide) groups is 1. The number of piperazine rings is 1. The van der Waals surface area contributed by atoms with Gasteiger partial charge in [0.1, 0.15) is 5.69 Å². The normalized spacial score (nSPS) is 13.9. The molecular weight excluding hydrogens is 384 g/mol. The van der Waals surface area contributed by atoms with Gasteiger partial charge in [0.05, 0.1) is 17.6 Å². The Hall–Kier alpha value is -2.97. The first-order valence-electron chi connectivity index (χ1n) is 9.44. The molecule has 1 aromatic carbocycles. The molecule has 1 aliphatic heterocycles. The van der Waals surface area contributed by atoms with E-state index >= 15 is 0 Å². The Balaban J connectivity index is 1.59. The highest BCUT2D eigenvalue weighted by atomic mass is 32.2. The first kappa shape index (κ1) is 19.4. The highest BCUT2D eigenvalue weighted by Gasteiger charge is 2.17. The highest BCUT2D eigenvalue weighted by molar-refractivity contribution is 7.98. The smallest absolute Gasteiger partial charge is 0.274 e. The molecule has 2 N–H and O–H groups in total. The minimum atomic E-state index is -0.278. The number of amides is 1. The summed E-state index contributed by atoms with van der Waals surface area (Å²) < 4.78 is 0. The van der Waals surface area contributed by atoms with Crippen molar-refractivity contribution in [2.24, 2.45) is 0 Å². The van der Waals surface area contributed by atoms with E-state index in [4.69, 9.17) is 0 Å². The standard InChI is InChI=1S/C21H22N6OS/c1-29-19-5-3-2-4-15(19)20-24-9-6-16(25-20)21(28)26-17-14-23-8-7-18(17)27-12-10-22-11-13-27/h2-9,14,22H,10-13H2,1H3,(H,26,28). The molecule has 1 aliphatic rings. The average Bonchev–Trinajstić information content (AvgIpc) is 2.80. The number of carbonyl (C=O) groups is 1. The van der Waals surface area contributed by atoms with Crippen LogP contribution in [0, 0.1) is 0 Å². The van der Waals surface area contributed by atoms with Crippen molar-refractivity contribution in [3.8, 4) is 11.4 Å². The van der Waals surface area contributed by atoms with Crippen LogP contribution in [0.2, 0.25) is 0 Å². The van der Waals surface area contributed by atoms with Crippen molar-refractivity contribution >= 4 is 29.0 Å². The number of aromatic nitrogens is 3. The molecular formula is C21H22N6OS.